The van der Waals surface area contributed by atoms with Gasteiger partial charge in [-0.15, -0.1) is 0 Å². The standard InChI is InChI=1S/C18H25N3/c1-2-3-4-5-9-21-11-16-17(12-21)18(16,13-19)14-7-6-8-15(20)10-14/h6-8,10,16-17H,2-5,9,11-12,20H2,1H3/t16-,17+,18?. The molecule has 0 radical (unpaired) electrons. The fourth-order valence-electron chi connectivity index (χ4n) is 4.11. The quantitative estimate of drug-likeness (QED) is 0.644. The van der Waals surface area contributed by atoms with Crippen molar-refractivity contribution >= 4 is 5.69 Å². The van der Waals surface area contributed by atoms with Crippen molar-refractivity contribution in [2.24, 2.45) is 11.8 Å². The number of fused-ring (bicyclic) bond motifs is 1. The van der Waals surface area contributed by atoms with Crippen molar-refractivity contribution < 1.29 is 0 Å². The van der Waals surface area contributed by atoms with Gasteiger partial charge in [-0.05, 0) is 30.7 Å². The largest absolute Gasteiger partial charge is 0.399 e. The number of piperidine rings is 1. The average molecular weight is 283 g/mol. The van der Waals surface area contributed by atoms with Crippen LogP contribution in [0, 0.1) is 23.2 Å². The van der Waals surface area contributed by atoms with E-state index in [0.717, 1.165) is 24.3 Å². The van der Waals surface area contributed by atoms with E-state index in [4.69, 9.17) is 5.73 Å². The van der Waals surface area contributed by atoms with E-state index >= 15 is 0 Å². The summed E-state index contributed by atoms with van der Waals surface area (Å²) in [6, 6.07) is 10.5. The lowest BCUT2D eigenvalue weighted by molar-refractivity contribution is 0.279. The third kappa shape index (κ3) is 2.42. The lowest BCUT2D eigenvalue weighted by atomic mass is 9.91. The lowest BCUT2D eigenvalue weighted by Gasteiger charge is -2.23. The number of anilines is 1. The SMILES string of the molecule is CCCCCCN1C[C@@H]2[C@H](C1)C2(C#N)c1cccc(N)c1. The number of nitrogen functional groups attached to an aromatic ring is 1. The molecule has 3 nitrogen and oxygen atoms in total. The molecule has 112 valence electrons. The zero-order chi connectivity index (χ0) is 14.9. The molecule has 3 heteroatoms. The number of likely N-dealkylation sites (tertiary alicyclic amines) is 1. The van der Waals surface area contributed by atoms with E-state index in [1.807, 2.05) is 18.2 Å². The van der Waals surface area contributed by atoms with Gasteiger partial charge in [-0.1, -0.05) is 38.3 Å². The molecule has 1 unspecified atom stereocenters. The topological polar surface area (TPSA) is 53.0 Å². The van der Waals surface area contributed by atoms with Gasteiger partial charge in [0.15, 0.2) is 0 Å². The highest BCUT2D eigenvalue weighted by Gasteiger charge is 2.69. The van der Waals surface area contributed by atoms with Gasteiger partial charge in [-0.3, -0.25) is 0 Å². The summed E-state index contributed by atoms with van der Waals surface area (Å²) in [6.45, 7) is 5.61. The first-order chi connectivity index (χ1) is 10.2. The van der Waals surface area contributed by atoms with Crippen molar-refractivity contribution in [2.75, 3.05) is 25.4 Å². The Balaban J connectivity index is 1.60. The van der Waals surface area contributed by atoms with Crippen molar-refractivity contribution in [1.82, 2.24) is 4.90 Å². The van der Waals surface area contributed by atoms with Crippen molar-refractivity contribution in [1.29, 1.82) is 5.26 Å². The molecule has 1 aliphatic heterocycles. The third-order valence-electron chi connectivity index (χ3n) is 5.33. The molecule has 0 amide bonds. The maximum Gasteiger partial charge on any atom is 0.0911 e. The van der Waals surface area contributed by atoms with E-state index in [1.165, 1.54) is 32.2 Å². The summed E-state index contributed by atoms with van der Waals surface area (Å²) in [5.74, 6) is 1.02. The minimum absolute atomic E-state index is 0.255. The van der Waals surface area contributed by atoms with Gasteiger partial charge in [-0.2, -0.15) is 5.26 Å². The minimum atomic E-state index is -0.255. The molecule has 3 rings (SSSR count). The molecule has 1 saturated carbocycles. The molecule has 1 aromatic carbocycles. The van der Waals surface area contributed by atoms with E-state index in [1.54, 1.807) is 0 Å². The fourth-order valence-corrected chi connectivity index (χ4v) is 4.11. The second kappa shape index (κ2) is 5.69. The van der Waals surface area contributed by atoms with Crippen LogP contribution in [0.15, 0.2) is 24.3 Å². The molecule has 2 aliphatic rings. The second-order valence-electron chi connectivity index (χ2n) is 6.64. The predicted molar refractivity (Wildman–Crippen MR) is 85.7 cm³/mol. The Morgan fingerprint density at radius 1 is 1.29 bits per heavy atom. The molecule has 21 heavy (non-hydrogen) atoms. The molecule has 1 saturated heterocycles. The molecule has 1 aromatic rings. The Kier molecular flexibility index (Phi) is 3.91. The van der Waals surface area contributed by atoms with Crippen molar-refractivity contribution in [3.8, 4) is 6.07 Å². The number of nitrogens with zero attached hydrogens (tertiary/aromatic N) is 2. The summed E-state index contributed by atoms with van der Waals surface area (Å²) in [5.41, 5.74) is 7.53. The van der Waals surface area contributed by atoms with Crippen molar-refractivity contribution in [3.05, 3.63) is 29.8 Å². The molecule has 0 bridgehead atoms. The highest BCUT2D eigenvalue weighted by Crippen LogP contribution is 2.63. The maximum atomic E-state index is 9.73. The van der Waals surface area contributed by atoms with Gasteiger partial charge in [0.2, 0.25) is 0 Å². The van der Waals surface area contributed by atoms with Gasteiger partial charge in [0.1, 0.15) is 0 Å². The van der Waals surface area contributed by atoms with Crippen LogP contribution in [0.1, 0.15) is 38.2 Å². The van der Waals surface area contributed by atoms with Crippen LogP contribution in [0.3, 0.4) is 0 Å². The Labute approximate surface area is 127 Å². The molecular formula is C18H25N3. The zero-order valence-corrected chi connectivity index (χ0v) is 12.9. The van der Waals surface area contributed by atoms with Crippen molar-refractivity contribution in [2.45, 2.75) is 38.0 Å². The van der Waals surface area contributed by atoms with Crippen LogP contribution >= 0.6 is 0 Å². The van der Waals surface area contributed by atoms with Crippen LogP contribution in [0.4, 0.5) is 5.69 Å². The monoisotopic (exact) mass is 283 g/mol. The molecule has 3 atom stereocenters. The molecule has 1 aliphatic carbocycles. The number of hydrogen-bond acceptors (Lipinski definition) is 3. The minimum Gasteiger partial charge on any atom is -0.399 e. The number of nitrogens with two attached hydrogens (primary N) is 1. The fraction of sp³-hybridized carbons (Fsp3) is 0.611. The summed E-state index contributed by atoms with van der Waals surface area (Å²) in [6.07, 6.45) is 5.26. The first-order valence-electron chi connectivity index (χ1n) is 8.22. The number of unbranched alkanes of at least 4 members (excludes halogenated alkanes) is 3. The summed E-state index contributed by atoms with van der Waals surface area (Å²) >= 11 is 0. The van der Waals surface area contributed by atoms with Crippen LogP contribution in [0.25, 0.3) is 0 Å². The first-order valence-corrected chi connectivity index (χ1v) is 8.22. The van der Waals surface area contributed by atoms with Crippen LogP contribution in [-0.2, 0) is 5.41 Å². The van der Waals surface area contributed by atoms with Crippen LogP contribution < -0.4 is 5.73 Å². The highest BCUT2D eigenvalue weighted by molar-refractivity contribution is 5.52. The predicted octanol–water partition coefficient (Wildman–Crippen LogP) is 3.17. The Bertz CT molecular complexity index is 534. The summed E-state index contributed by atoms with van der Waals surface area (Å²) < 4.78 is 0. The van der Waals surface area contributed by atoms with Gasteiger partial charge in [0, 0.05) is 30.6 Å². The van der Waals surface area contributed by atoms with Gasteiger partial charge >= 0.3 is 0 Å². The number of benzene rings is 1. The molecule has 2 N–H and O–H groups in total. The average Bonchev–Trinajstić information content (AvgIpc) is 2.87. The summed E-state index contributed by atoms with van der Waals surface area (Å²) in [4.78, 5) is 2.55. The van der Waals surface area contributed by atoms with E-state index in [-0.39, 0.29) is 5.41 Å². The van der Waals surface area contributed by atoms with Crippen molar-refractivity contribution in [3.63, 3.8) is 0 Å². The van der Waals surface area contributed by atoms with Crippen LogP contribution in [0.2, 0.25) is 0 Å². The number of hydrogen-bond donors (Lipinski definition) is 1. The molecule has 2 fully saturated rings. The Morgan fingerprint density at radius 3 is 2.67 bits per heavy atom. The number of nitriles is 1. The van der Waals surface area contributed by atoms with Gasteiger partial charge in [0.05, 0.1) is 11.5 Å². The van der Waals surface area contributed by atoms with E-state index in [2.05, 4.69) is 24.0 Å². The number of rotatable bonds is 6. The third-order valence-corrected chi connectivity index (χ3v) is 5.33. The summed E-state index contributed by atoms with van der Waals surface area (Å²) in [5, 5.41) is 9.73. The normalized spacial score (nSPS) is 30.9. The summed E-state index contributed by atoms with van der Waals surface area (Å²) in [7, 11) is 0. The second-order valence-corrected chi connectivity index (χ2v) is 6.64. The van der Waals surface area contributed by atoms with Gasteiger partial charge in [0.25, 0.3) is 0 Å². The first kappa shape index (κ1) is 14.4. The molecule has 0 spiro atoms. The highest BCUT2D eigenvalue weighted by atomic mass is 15.2. The Hall–Kier alpha value is -1.53. The van der Waals surface area contributed by atoms with E-state index in [9.17, 15) is 5.26 Å². The molecule has 0 aromatic heterocycles. The van der Waals surface area contributed by atoms with E-state index < -0.39 is 0 Å². The van der Waals surface area contributed by atoms with E-state index in [0.29, 0.717) is 11.8 Å². The Morgan fingerprint density at radius 2 is 2.05 bits per heavy atom. The van der Waals surface area contributed by atoms with Crippen LogP contribution in [0.5, 0.6) is 0 Å². The van der Waals surface area contributed by atoms with Gasteiger partial charge in [-0.25, -0.2) is 0 Å². The maximum absolute atomic E-state index is 9.73. The molecule has 1 heterocycles. The smallest absolute Gasteiger partial charge is 0.0911 e. The molecular weight excluding hydrogens is 258 g/mol. The zero-order valence-electron chi connectivity index (χ0n) is 12.9. The van der Waals surface area contributed by atoms with Gasteiger partial charge < -0.3 is 10.6 Å². The van der Waals surface area contributed by atoms with Crippen LogP contribution in [-0.4, -0.2) is 24.5 Å². The lowest BCUT2D eigenvalue weighted by Crippen LogP contribution is -2.30.